The van der Waals surface area contributed by atoms with Gasteiger partial charge in [0.15, 0.2) is 0 Å². The molecule has 3 nitrogen and oxygen atoms in total. The molecule has 4 heavy (non-hydrogen) atoms. The van der Waals surface area contributed by atoms with E-state index < -0.39 is 0 Å². The van der Waals surface area contributed by atoms with Gasteiger partial charge in [0.1, 0.15) is 0 Å². The quantitative estimate of drug-likeness (QED) is 0.338. The first-order valence-corrected chi connectivity index (χ1v) is 0.924. The molecule has 0 aromatic heterocycles. The van der Waals surface area contributed by atoms with E-state index in [9.17, 15) is 0 Å². The predicted octanol–water partition coefficient (Wildman–Crippen LogP) is 0.142. The fourth-order valence-electron chi connectivity index (χ4n) is 0. The molecule has 0 aromatic carbocycles. The summed E-state index contributed by atoms with van der Waals surface area (Å²) in [4.78, 5) is 0. The van der Waals surface area contributed by atoms with Crippen molar-refractivity contribution in [1.29, 1.82) is 0 Å². The van der Waals surface area contributed by atoms with Gasteiger partial charge in [0.25, 0.3) is 0 Å². The largest absolute Gasteiger partial charge is 0.417 e. The molecular weight excluding hydrogens is 54.0 g/mol. The Labute approximate surface area is 24.5 Å². The van der Waals surface area contributed by atoms with Gasteiger partial charge in [-0.3, -0.25) is 5.22 Å². The smallest absolute Gasteiger partial charge is 0.0499 e. The minimum Gasteiger partial charge on any atom is -0.417 e. The average molecular weight is 58.1 g/mol. The molecule has 0 heterocycles. The molecule has 0 unspecified atom stereocenters. The van der Waals surface area contributed by atoms with Gasteiger partial charge >= 0.3 is 0 Å². The van der Waals surface area contributed by atoms with Crippen LogP contribution in [-0.4, -0.2) is 7.05 Å². The van der Waals surface area contributed by atoms with E-state index >= 15 is 0 Å². The predicted molar refractivity (Wildman–Crippen MR) is 14.8 cm³/mol. The standard InChI is InChI=1S/CH4N3/c1-3-4-2/h1H3,(H-,2,3)/q-1. The third-order valence-corrected chi connectivity index (χ3v) is 0.100. The fraction of sp³-hybridized carbons (Fsp3) is 1.00. The van der Waals surface area contributed by atoms with Gasteiger partial charge < -0.3 is 11.0 Å². The topological polar surface area (TPSA) is 46.7 Å². The first kappa shape index (κ1) is 3.40. The van der Waals surface area contributed by atoms with Gasteiger partial charge in [-0.15, -0.1) is 0 Å². The van der Waals surface area contributed by atoms with Crippen molar-refractivity contribution in [3.63, 3.8) is 0 Å². The Morgan fingerprint density at radius 2 is 2.25 bits per heavy atom. The zero-order valence-corrected chi connectivity index (χ0v) is 2.39. The molecule has 0 saturated heterocycles. The van der Waals surface area contributed by atoms with Gasteiger partial charge in [-0.25, -0.2) is 0 Å². The van der Waals surface area contributed by atoms with Crippen molar-refractivity contribution in [1.82, 2.24) is 5.43 Å². The number of hydrogen-bond donors (Lipinski definition) is 1. The fourth-order valence-corrected chi connectivity index (χ4v) is 0. The summed E-state index contributed by atoms with van der Waals surface area (Å²) in [6.45, 7) is 0. The third kappa shape index (κ3) is 1.40. The lowest BCUT2D eigenvalue weighted by molar-refractivity contribution is 0.889. The highest BCUT2D eigenvalue weighted by Gasteiger charge is 1.22. The van der Waals surface area contributed by atoms with Crippen molar-refractivity contribution in [2.45, 2.75) is 0 Å². The Hall–Kier alpha value is -0.600. The van der Waals surface area contributed by atoms with Crippen molar-refractivity contribution in [2.24, 2.45) is 5.22 Å². The summed E-state index contributed by atoms with van der Waals surface area (Å²) in [6.07, 6.45) is 0. The highest BCUT2D eigenvalue weighted by molar-refractivity contribution is 4.05. The van der Waals surface area contributed by atoms with Crippen LogP contribution in [0, 0.1) is 0 Å². The third-order valence-electron chi connectivity index (χ3n) is 0.100. The second-order valence-corrected chi connectivity index (χ2v) is 0.324. The van der Waals surface area contributed by atoms with Crippen LogP contribution in [0.4, 0.5) is 0 Å². The number of nitrogens with one attached hydrogen (secondary N) is 1. The van der Waals surface area contributed by atoms with Crippen LogP contribution in [0.5, 0.6) is 0 Å². The lowest BCUT2D eigenvalue weighted by atomic mass is 11.5. The number of rotatable bonds is 1. The van der Waals surface area contributed by atoms with E-state index in [-0.39, 0.29) is 0 Å². The molecule has 0 bridgehead atoms. The minimum absolute atomic E-state index is 1.51. The van der Waals surface area contributed by atoms with Crippen LogP contribution in [0.3, 0.4) is 0 Å². The van der Waals surface area contributed by atoms with Crippen LogP contribution in [0.25, 0.3) is 5.53 Å². The van der Waals surface area contributed by atoms with Crippen LogP contribution in [-0.2, 0) is 0 Å². The molecule has 0 fully saturated rings. The summed E-state index contributed by atoms with van der Waals surface area (Å²) in [7, 11) is 1.51. The van der Waals surface area contributed by atoms with Crippen molar-refractivity contribution in [2.75, 3.05) is 7.05 Å². The first-order chi connectivity index (χ1) is 1.91. The maximum Gasteiger partial charge on any atom is -0.0499 e. The van der Waals surface area contributed by atoms with Crippen LogP contribution < -0.4 is 5.43 Å². The molecule has 0 amide bonds. The van der Waals surface area contributed by atoms with E-state index in [2.05, 4.69) is 10.6 Å². The Morgan fingerprint density at radius 1 is 2.00 bits per heavy atom. The SMILES string of the molecule is CNN=[N-]. The Bertz CT molecular complexity index is 17.2. The Balaban J connectivity index is 2.30. The number of nitrogens with zero attached hydrogens (tertiary/aromatic N) is 2. The van der Waals surface area contributed by atoms with Gasteiger partial charge in [0.05, 0.1) is 0 Å². The molecule has 0 aliphatic carbocycles. The second kappa shape index (κ2) is 2.40. The van der Waals surface area contributed by atoms with Gasteiger partial charge in [0.2, 0.25) is 0 Å². The molecule has 0 saturated carbocycles. The molecule has 0 atom stereocenters. The normalized spacial score (nSPS) is 5.25. The van der Waals surface area contributed by atoms with E-state index in [0.29, 0.717) is 0 Å². The molecule has 3 heteroatoms. The van der Waals surface area contributed by atoms with E-state index in [1.54, 1.807) is 0 Å². The molecule has 0 rings (SSSR count). The van der Waals surface area contributed by atoms with Gasteiger partial charge in [-0.05, 0) is 7.05 Å². The van der Waals surface area contributed by atoms with Crippen molar-refractivity contribution >= 4 is 0 Å². The summed E-state index contributed by atoms with van der Waals surface area (Å²) < 4.78 is 0. The Morgan fingerprint density at radius 3 is 2.25 bits per heavy atom. The summed E-state index contributed by atoms with van der Waals surface area (Å²) in [6, 6.07) is 0. The summed E-state index contributed by atoms with van der Waals surface area (Å²) in [5.74, 6) is 0. The lowest BCUT2D eigenvalue weighted by Gasteiger charge is -1.82. The number of hydrogen-bond acceptors (Lipinski definition) is 1. The van der Waals surface area contributed by atoms with Crippen LogP contribution >= 0.6 is 0 Å². The highest BCUT2D eigenvalue weighted by atomic mass is 15.3. The minimum atomic E-state index is 1.51. The van der Waals surface area contributed by atoms with Gasteiger partial charge in [0, 0.05) is 0 Å². The molecule has 0 aliphatic heterocycles. The molecule has 0 aliphatic rings. The van der Waals surface area contributed by atoms with E-state index in [0.717, 1.165) is 0 Å². The van der Waals surface area contributed by atoms with Crippen molar-refractivity contribution in [3.8, 4) is 0 Å². The molecule has 0 aromatic rings. The van der Waals surface area contributed by atoms with Gasteiger partial charge in [-0.1, -0.05) is 0 Å². The van der Waals surface area contributed by atoms with E-state index in [1.165, 1.54) is 7.05 Å². The van der Waals surface area contributed by atoms with Crippen LogP contribution in [0.15, 0.2) is 5.22 Å². The molecule has 24 valence electrons. The maximum atomic E-state index is 7.39. The monoisotopic (exact) mass is 58.0 g/mol. The zero-order chi connectivity index (χ0) is 3.41. The van der Waals surface area contributed by atoms with E-state index in [1.807, 2.05) is 0 Å². The second-order valence-electron chi connectivity index (χ2n) is 0.324. The molecule has 1 N–H and O–H groups in total. The van der Waals surface area contributed by atoms with Crippen molar-refractivity contribution in [3.05, 3.63) is 5.53 Å². The Kier molecular flexibility index (Phi) is 2.04. The highest BCUT2D eigenvalue weighted by Crippen LogP contribution is 1.36. The maximum absolute atomic E-state index is 7.39. The van der Waals surface area contributed by atoms with E-state index in [4.69, 9.17) is 5.53 Å². The molecule has 0 radical (unpaired) electrons. The van der Waals surface area contributed by atoms with Crippen molar-refractivity contribution < 1.29 is 0 Å². The summed E-state index contributed by atoms with van der Waals surface area (Å²) in [5.41, 5.74) is 9.50. The van der Waals surface area contributed by atoms with Crippen LogP contribution in [0.1, 0.15) is 0 Å². The van der Waals surface area contributed by atoms with Gasteiger partial charge in [-0.2, -0.15) is 0 Å². The summed E-state index contributed by atoms with van der Waals surface area (Å²) >= 11 is 0. The zero-order valence-electron chi connectivity index (χ0n) is 2.39. The molecular formula is CH4N3-. The summed E-state index contributed by atoms with van der Waals surface area (Å²) in [5, 5.41) is 2.49. The first-order valence-electron chi connectivity index (χ1n) is 0.924. The average Bonchev–Trinajstić information content (AvgIpc) is 1.37. The molecule has 0 spiro atoms. The lowest BCUT2D eigenvalue weighted by Crippen LogP contribution is -1.86. The van der Waals surface area contributed by atoms with Crippen LogP contribution in [0.2, 0.25) is 0 Å².